The van der Waals surface area contributed by atoms with E-state index < -0.39 is 0 Å². The molecular formula is C16H25N3O2. The molecule has 0 bridgehead atoms. The Morgan fingerprint density at radius 2 is 2.05 bits per heavy atom. The van der Waals surface area contributed by atoms with Gasteiger partial charge in [-0.25, -0.2) is 0 Å². The van der Waals surface area contributed by atoms with E-state index in [0.29, 0.717) is 31.3 Å². The number of nitrogens with zero attached hydrogens (tertiary/aromatic N) is 1. The molecule has 5 heteroatoms. The van der Waals surface area contributed by atoms with Crippen LogP contribution in [0, 0.1) is 0 Å². The maximum absolute atomic E-state index is 12.1. The van der Waals surface area contributed by atoms with Crippen LogP contribution in [0.4, 0.5) is 0 Å². The lowest BCUT2D eigenvalue weighted by Gasteiger charge is -2.26. The molecule has 0 aliphatic heterocycles. The summed E-state index contributed by atoms with van der Waals surface area (Å²) in [4.78, 5) is 12.1. The highest BCUT2D eigenvalue weighted by molar-refractivity contribution is 5.92. The van der Waals surface area contributed by atoms with Gasteiger partial charge in [0.15, 0.2) is 0 Å². The SMILES string of the molecule is NC1CCC(OCCNC(=O)c2cccn2C2CC2)CC1. The number of ether oxygens (including phenoxy) is 1. The third kappa shape index (κ3) is 3.86. The highest BCUT2D eigenvalue weighted by Crippen LogP contribution is 2.35. The van der Waals surface area contributed by atoms with Crippen molar-refractivity contribution in [1.82, 2.24) is 9.88 Å². The Hall–Kier alpha value is -1.33. The Morgan fingerprint density at radius 3 is 2.76 bits per heavy atom. The number of nitrogens with two attached hydrogens (primary N) is 1. The Kier molecular flexibility index (Phi) is 4.60. The number of carbonyl (C=O) groups is 1. The predicted molar refractivity (Wildman–Crippen MR) is 81.2 cm³/mol. The first-order valence-electron chi connectivity index (χ1n) is 8.06. The maximum atomic E-state index is 12.1. The minimum Gasteiger partial charge on any atom is -0.376 e. The van der Waals surface area contributed by atoms with Crippen LogP contribution in [0.2, 0.25) is 0 Å². The lowest BCUT2D eigenvalue weighted by molar-refractivity contribution is 0.0267. The number of nitrogens with one attached hydrogen (secondary N) is 1. The molecule has 2 aliphatic carbocycles. The lowest BCUT2D eigenvalue weighted by Crippen LogP contribution is -2.33. The van der Waals surface area contributed by atoms with Crippen LogP contribution in [-0.4, -0.2) is 35.8 Å². The zero-order valence-electron chi connectivity index (χ0n) is 12.5. The first-order chi connectivity index (χ1) is 10.2. The van der Waals surface area contributed by atoms with Crippen LogP contribution < -0.4 is 11.1 Å². The molecule has 21 heavy (non-hydrogen) atoms. The van der Waals surface area contributed by atoms with Gasteiger partial charge in [0.05, 0.1) is 12.7 Å². The number of aromatic nitrogens is 1. The van der Waals surface area contributed by atoms with E-state index in [-0.39, 0.29) is 5.91 Å². The standard InChI is InChI=1S/C16H25N3O2/c17-12-3-7-14(8-4-12)21-11-9-18-16(20)15-2-1-10-19(15)13-5-6-13/h1-2,10,12-14H,3-9,11,17H2,(H,18,20). The van der Waals surface area contributed by atoms with Gasteiger partial charge >= 0.3 is 0 Å². The fourth-order valence-corrected chi connectivity index (χ4v) is 2.99. The van der Waals surface area contributed by atoms with E-state index in [0.717, 1.165) is 31.4 Å². The summed E-state index contributed by atoms with van der Waals surface area (Å²) in [6.07, 6.45) is 8.85. The molecule has 2 aliphatic rings. The molecule has 5 nitrogen and oxygen atoms in total. The van der Waals surface area contributed by atoms with Gasteiger partial charge in [-0.2, -0.15) is 0 Å². The highest BCUT2D eigenvalue weighted by atomic mass is 16.5. The summed E-state index contributed by atoms with van der Waals surface area (Å²) in [7, 11) is 0. The summed E-state index contributed by atoms with van der Waals surface area (Å²) < 4.78 is 7.89. The molecule has 2 fully saturated rings. The average Bonchev–Trinajstić information content (AvgIpc) is 3.22. The van der Waals surface area contributed by atoms with Crippen molar-refractivity contribution in [2.75, 3.05) is 13.2 Å². The Labute approximate surface area is 125 Å². The smallest absolute Gasteiger partial charge is 0.267 e. The first-order valence-corrected chi connectivity index (χ1v) is 8.06. The van der Waals surface area contributed by atoms with Gasteiger partial charge in [-0.15, -0.1) is 0 Å². The highest BCUT2D eigenvalue weighted by Gasteiger charge is 2.26. The predicted octanol–water partition coefficient (Wildman–Crippen LogP) is 1.84. The molecule has 0 aromatic carbocycles. The molecule has 0 unspecified atom stereocenters. The topological polar surface area (TPSA) is 69.3 Å². The monoisotopic (exact) mass is 291 g/mol. The van der Waals surface area contributed by atoms with Gasteiger partial charge in [-0.05, 0) is 50.7 Å². The van der Waals surface area contributed by atoms with Gasteiger partial charge in [0.25, 0.3) is 5.91 Å². The minimum absolute atomic E-state index is 0.00108. The van der Waals surface area contributed by atoms with Gasteiger partial charge in [0.1, 0.15) is 5.69 Å². The fourth-order valence-electron chi connectivity index (χ4n) is 2.99. The summed E-state index contributed by atoms with van der Waals surface area (Å²) in [5.74, 6) is 0.00108. The maximum Gasteiger partial charge on any atom is 0.267 e. The molecule has 0 saturated heterocycles. The Morgan fingerprint density at radius 1 is 1.29 bits per heavy atom. The van der Waals surface area contributed by atoms with Crippen molar-refractivity contribution in [2.24, 2.45) is 5.73 Å². The molecule has 2 saturated carbocycles. The second-order valence-electron chi connectivity index (χ2n) is 6.20. The second-order valence-corrected chi connectivity index (χ2v) is 6.20. The van der Waals surface area contributed by atoms with Crippen molar-refractivity contribution < 1.29 is 9.53 Å². The quantitative estimate of drug-likeness (QED) is 0.786. The molecule has 3 rings (SSSR count). The van der Waals surface area contributed by atoms with E-state index >= 15 is 0 Å². The second kappa shape index (κ2) is 6.62. The minimum atomic E-state index is 0.00108. The summed E-state index contributed by atoms with van der Waals surface area (Å²) in [6.45, 7) is 1.15. The molecule has 0 spiro atoms. The Bertz CT molecular complexity index is 474. The van der Waals surface area contributed by atoms with Gasteiger partial charge in [-0.3, -0.25) is 4.79 Å². The number of amides is 1. The van der Waals surface area contributed by atoms with Crippen molar-refractivity contribution >= 4 is 5.91 Å². The van der Waals surface area contributed by atoms with Crippen molar-refractivity contribution in [3.8, 4) is 0 Å². The van der Waals surface area contributed by atoms with Crippen LogP contribution in [0.15, 0.2) is 18.3 Å². The summed E-state index contributed by atoms with van der Waals surface area (Å²) in [6, 6.07) is 4.70. The van der Waals surface area contributed by atoms with E-state index in [1.54, 1.807) is 0 Å². The molecule has 116 valence electrons. The van der Waals surface area contributed by atoms with Crippen molar-refractivity contribution in [2.45, 2.75) is 56.7 Å². The summed E-state index contributed by atoms with van der Waals surface area (Å²) in [5, 5.41) is 2.95. The largest absolute Gasteiger partial charge is 0.376 e. The summed E-state index contributed by atoms with van der Waals surface area (Å²) >= 11 is 0. The van der Waals surface area contributed by atoms with Crippen LogP contribution in [0.1, 0.15) is 55.1 Å². The normalized spacial score (nSPS) is 25.8. The number of hydrogen-bond donors (Lipinski definition) is 2. The number of carbonyl (C=O) groups excluding carboxylic acids is 1. The van der Waals surface area contributed by atoms with Crippen molar-refractivity contribution in [1.29, 1.82) is 0 Å². The summed E-state index contributed by atoms with van der Waals surface area (Å²) in [5.41, 5.74) is 6.64. The average molecular weight is 291 g/mol. The number of rotatable bonds is 6. The zero-order chi connectivity index (χ0) is 14.7. The van der Waals surface area contributed by atoms with Gasteiger partial charge in [0, 0.05) is 24.8 Å². The molecule has 1 aromatic rings. The van der Waals surface area contributed by atoms with E-state index in [1.807, 2.05) is 18.3 Å². The fraction of sp³-hybridized carbons (Fsp3) is 0.688. The van der Waals surface area contributed by atoms with Crippen LogP contribution in [-0.2, 0) is 4.74 Å². The first kappa shape index (κ1) is 14.6. The molecule has 1 heterocycles. The van der Waals surface area contributed by atoms with E-state index in [2.05, 4.69) is 9.88 Å². The van der Waals surface area contributed by atoms with Crippen LogP contribution in [0.5, 0.6) is 0 Å². The molecule has 0 radical (unpaired) electrons. The molecular weight excluding hydrogens is 266 g/mol. The third-order valence-corrected chi connectivity index (χ3v) is 4.41. The van der Waals surface area contributed by atoms with Gasteiger partial charge < -0.3 is 20.4 Å². The van der Waals surface area contributed by atoms with Crippen LogP contribution in [0.3, 0.4) is 0 Å². The van der Waals surface area contributed by atoms with Crippen LogP contribution in [0.25, 0.3) is 0 Å². The molecule has 0 atom stereocenters. The number of hydrogen-bond acceptors (Lipinski definition) is 3. The van der Waals surface area contributed by atoms with Crippen molar-refractivity contribution in [3.63, 3.8) is 0 Å². The zero-order valence-corrected chi connectivity index (χ0v) is 12.5. The van der Waals surface area contributed by atoms with E-state index in [9.17, 15) is 4.79 Å². The van der Waals surface area contributed by atoms with Gasteiger partial charge in [0.2, 0.25) is 0 Å². The van der Waals surface area contributed by atoms with Crippen LogP contribution >= 0.6 is 0 Å². The lowest BCUT2D eigenvalue weighted by atomic mass is 9.94. The van der Waals surface area contributed by atoms with Gasteiger partial charge in [-0.1, -0.05) is 0 Å². The van der Waals surface area contributed by atoms with E-state index in [4.69, 9.17) is 10.5 Å². The molecule has 1 aromatic heterocycles. The molecule has 1 amide bonds. The van der Waals surface area contributed by atoms with Crippen molar-refractivity contribution in [3.05, 3.63) is 24.0 Å². The molecule has 3 N–H and O–H groups in total. The third-order valence-electron chi connectivity index (χ3n) is 4.41. The Balaban J connectivity index is 1.37. The van der Waals surface area contributed by atoms with E-state index in [1.165, 1.54) is 12.8 Å².